The second-order valence-corrected chi connectivity index (χ2v) is 7.50. The quantitative estimate of drug-likeness (QED) is 0.809. The van der Waals surface area contributed by atoms with Crippen LogP contribution in [0.2, 0.25) is 0 Å². The van der Waals surface area contributed by atoms with Crippen LogP contribution in [0.5, 0.6) is 11.5 Å². The van der Waals surface area contributed by atoms with Crippen LogP contribution >= 0.6 is 11.3 Å². The van der Waals surface area contributed by atoms with Gasteiger partial charge >= 0.3 is 0 Å². The van der Waals surface area contributed by atoms with Crippen molar-refractivity contribution in [1.29, 1.82) is 0 Å². The van der Waals surface area contributed by atoms with E-state index in [1.54, 1.807) is 18.4 Å². The number of methoxy groups -OCH3 is 1. The van der Waals surface area contributed by atoms with Crippen LogP contribution in [-0.4, -0.2) is 43.7 Å². The van der Waals surface area contributed by atoms with Crippen LogP contribution in [0.4, 0.5) is 0 Å². The number of hydrogen-bond acceptors (Lipinski definition) is 5. The molecule has 2 heterocycles. The monoisotopic (exact) mass is 374 g/mol. The highest BCUT2D eigenvalue weighted by Crippen LogP contribution is 2.29. The van der Waals surface area contributed by atoms with Crippen LogP contribution < -0.4 is 14.8 Å². The first-order valence-electron chi connectivity index (χ1n) is 9.03. The van der Waals surface area contributed by atoms with Gasteiger partial charge in [-0.1, -0.05) is 13.0 Å². The molecule has 0 bridgehead atoms. The molecule has 1 aromatic carbocycles. The lowest BCUT2D eigenvalue weighted by atomic mass is 10.2. The van der Waals surface area contributed by atoms with Crippen molar-refractivity contribution in [3.05, 3.63) is 46.2 Å². The highest BCUT2D eigenvalue weighted by Gasteiger charge is 2.22. The minimum Gasteiger partial charge on any atom is -0.497 e. The molecule has 1 N–H and O–H groups in total. The molecule has 0 aliphatic carbocycles. The fourth-order valence-corrected chi connectivity index (χ4v) is 3.81. The van der Waals surface area contributed by atoms with E-state index >= 15 is 0 Å². The summed E-state index contributed by atoms with van der Waals surface area (Å²) in [6, 6.07) is 9.93. The number of thiophene rings is 1. The molecule has 0 saturated carbocycles. The molecule has 1 atom stereocenters. The number of nitrogens with zero attached hydrogens (tertiary/aromatic N) is 1. The molecule has 0 fully saturated rings. The maximum atomic E-state index is 12.1. The zero-order chi connectivity index (χ0) is 18.4. The Morgan fingerprint density at radius 3 is 3.04 bits per heavy atom. The Kier molecular flexibility index (Phi) is 6.52. The van der Waals surface area contributed by atoms with Gasteiger partial charge in [-0.25, -0.2) is 0 Å². The van der Waals surface area contributed by atoms with Gasteiger partial charge in [0.1, 0.15) is 17.6 Å². The van der Waals surface area contributed by atoms with Crippen molar-refractivity contribution in [1.82, 2.24) is 10.2 Å². The van der Waals surface area contributed by atoms with E-state index in [4.69, 9.17) is 9.47 Å². The Morgan fingerprint density at radius 2 is 2.31 bits per heavy atom. The van der Waals surface area contributed by atoms with E-state index in [2.05, 4.69) is 17.1 Å². The Hall–Kier alpha value is -2.05. The minimum atomic E-state index is 0.0765. The number of hydrogen-bond donors (Lipinski definition) is 1. The molecule has 5 nitrogen and oxygen atoms in total. The van der Waals surface area contributed by atoms with Crippen LogP contribution in [0, 0.1) is 0 Å². The van der Waals surface area contributed by atoms with E-state index in [9.17, 15) is 4.79 Å². The maximum Gasteiger partial charge on any atom is 0.225 e. The van der Waals surface area contributed by atoms with Crippen molar-refractivity contribution in [2.45, 2.75) is 32.4 Å². The zero-order valence-electron chi connectivity index (χ0n) is 15.4. The second-order valence-electron chi connectivity index (χ2n) is 6.46. The largest absolute Gasteiger partial charge is 0.497 e. The Morgan fingerprint density at radius 1 is 1.42 bits per heavy atom. The van der Waals surface area contributed by atoms with Gasteiger partial charge in [0.2, 0.25) is 5.91 Å². The summed E-state index contributed by atoms with van der Waals surface area (Å²) in [5.74, 6) is 1.85. The lowest BCUT2D eigenvalue weighted by Crippen LogP contribution is -2.38. The Balaban J connectivity index is 1.57. The van der Waals surface area contributed by atoms with Crippen LogP contribution in [0.25, 0.3) is 0 Å². The first kappa shape index (κ1) is 18.7. The van der Waals surface area contributed by atoms with Gasteiger partial charge < -0.3 is 14.8 Å². The predicted molar refractivity (Wildman–Crippen MR) is 104 cm³/mol. The number of amides is 1. The first-order valence-corrected chi connectivity index (χ1v) is 9.91. The lowest BCUT2D eigenvalue weighted by molar-refractivity contribution is -0.120. The van der Waals surface area contributed by atoms with Gasteiger partial charge in [0.25, 0.3) is 0 Å². The summed E-state index contributed by atoms with van der Waals surface area (Å²) < 4.78 is 11.5. The number of carbonyl (C=O) groups is 1. The molecule has 26 heavy (non-hydrogen) atoms. The summed E-state index contributed by atoms with van der Waals surface area (Å²) in [6.45, 7) is 5.23. The highest BCUT2D eigenvalue weighted by molar-refractivity contribution is 7.10. The third-order valence-corrected chi connectivity index (χ3v) is 5.41. The van der Waals surface area contributed by atoms with Gasteiger partial charge in [0.15, 0.2) is 0 Å². The van der Waals surface area contributed by atoms with E-state index in [0.29, 0.717) is 13.0 Å². The van der Waals surface area contributed by atoms with Gasteiger partial charge in [-0.2, -0.15) is 0 Å². The molecule has 1 aliphatic heterocycles. The van der Waals surface area contributed by atoms with Crippen molar-refractivity contribution in [3.63, 3.8) is 0 Å². The Labute approximate surface area is 158 Å². The number of rotatable bonds is 7. The van der Waals surface area contributed by atoms with Crippen LogP contribution in [-0.2, 0) is 17.8 Å². The van der Waals surface area contributed by atoms with Crippen molar-refractivity contribution in [2.75, 3.05) is 26.7 Å². The average molecular weight is 375 g/mol. The molecule has 3 rings (SSSR count). The third kappa shape index (κ3) is 4.99. The molecule has 1 aromatic heterocycles. The number of nitrogens with one attached hydrogen (secondary N) is 1. The van der Waals surface area contributed by atoms with E-state index < -0.39 is 0 Å². The molecular weight excluding hydrogens is 348 g/mol. The van der Waals surface area contributed by atoms with E-state index in [0.717, 1.165) is 48.0 Å². The van der Waals surface area contributed by atoms with Crippen LogP contribution in [0.3, 0.4) is 0 Å². The number of fused-ring (bicyclic) bond motifs is 1. The van der Waals surface area contributed by atoms with E-state index in [1.807, 2.05) is 35.7 Å². The van der Waals surface area contributed by atoms with Crippen LogP contribution in [0.15, 0.2) is 35.7 Å². The third-order valence-electron chi connectivity index (χ3n) is 4.54. The second kappa shape index (κ2) is 9.05. The number of carbonyl (C=O) groups excluding carboxylic acids is 1. The smallest absolute Gasteiger partial charge is 0.225 e. The normalized spacial score (nSPS) is 17.1. The van der Waals surface area contributed by atoms with Crippen molar-refractivity contribution in [3.8, 4) is 11.5 Å². The summed E-state index contributed by atoms with van der Waals surface area (Å²) in [5, 5.41) is 5.03. The molecule has 1 amide bonds. The minimum absolute atomic E-state index is 0.0765. The summed E-state index contributed by atoms with van der Waals surface area (Å²) in [4.78, 5) is 15.5. The number of ether oxygens (including phenoxy) is 2. The molecule has 2 aromatic rings. The molecule has 0 spiro atoms. The topological polar surface area (TPSA) is 50.8 Å². The molecule has 0 radical (unpaired) electrons. The molecule has 140 valence electrons. The molecule has 0 saturated heterocycles. The SMILES string of the molecule is CC[C@H]1CN(CCNC(=O)Cc2cccs2)Cc2cc(OC)ccc2O1. The fourth-order valence-electron chi connectivity index (χ4n) is 3.10. The summed E-state index contributed by atoms with van der Waals surface area (Å²) in [7, 11) is 1.68. The Bertz CT molecular complexity index is 718. The molecular formula is C20H26N2O3S. The van der Waals surface area contributed by atoms with Crippen molar-refractivity contribution >= 4 is 17.2 Å². The summed E-state index contributed by atoms with van der Waals surface area (Å²) in [5.41, 5.74) is 1.13. The molecule has 0 unspecified atom stereocenters. The summed E-state index contributed by atoms with van der Waals surface area (Å²) in [6.07, 6.45) is 1.57. The first-order chi connectivity index (χ1) is 12.7. The van der Waals surface area contributed by atoms with Gasteiger partial charge in [0.05, 0.1) is 13.5 Å². The van der Waals surface area contributed by atoms with Crippen LogP contribution in [0.1, 0.15) is 23.8 Å². The van der Waals surface area contributed by atoms with Crippen molar-refractivity contribution < 1.29 is 14.3 Å². The van der Waals surface area contributed by atoms with Gasteiger partial charge in [-0.05, 0) is 36.1 Å². The van der Waals surface area contributed by atoms with E-state index in [-0.39, 0.29) is 12.0 Å². The van der Waals surface area contributed by atoms with Gasteiger partial charge in [-0.15, -0.1) is 11.3 Å². The van der Waals surface area contributed by atoms with Gasteiger partial charge in [-0.3, -0.25) is 9.69 Å². The highest BCUT2D eigenvalue weighted by atomic mass is 32.1. The van der Waals surface area contributed by atoms with E-state index in [1.165, 1.54) is 0 Å². The fraction of sp³-hybridized carbons (Fsp3) is 0.450. The zero-order valence-corrected chi connectivity index (χ0v) is 16.2. The predicted octanol–water partition coefficient (Wildman–Crippen LogP) is 3.09. The maximum absolute atomic E-state index is 12.1. The lowest BCUT2D eigenvalue weighted by Gasteiger charge is -2.23. The molecule has 1 aliphatic rings. The standard InChI is InChI=1S/C20H26N2O3S/c1-3-16-14-22(9-8-21-20(23)12-18-5-4-10-26-18)13-15-11-17(24-2)6-7-19(15)25-16/h4-7,10-11,16H,3,8-9,12-14H2,1-2H3,(H,21,23)/t16-/m0/s1. The summed E-state index contributed by atoms with van der Waals surface area (Å²) >= 11 is 1.61. The van der Waals surface area contributed by atoms with Crippen molar-refractivity contribution in [2.24, 2.45) is 0 Å². The number of benzene rings is 1. The average Bonchev–Trinajstić information content (AvgIpc) is 3.07. The van der Waals surface area contributed by atoms with Gasteiger partial charge in [0, 0.05) is 36.6 Å². The molecule has 6 heteroatoms.